The predicted molar refractivity (Wildman–Crippen MR) is 90.9 cm³/mol. The fraction of sp³-hybridized carbons (Fsp3) is 0.0588. The number of hydrogen-bond donors (Lipinski definition) is 2. The zero-order valence-electron chi connectivity index (χ0n) is 12.7. The Morgan fingerprint density at radius 3 is 2.08 bits per heavy atom. The van der Waals surface area contributed by atoms with Crippen molar-refractivity contribution in [3.05, 3.63) is 66.2 Å². The second-order valence-electron chi connectivity index (χ2n) is 5.16. The molecule has 0 radical (unpaired) electrons. The van der Waals surface area contributed by atoms with Crippen LogP contribution in [0.5, 0.6) is 0 Å². The van der Waals surface area contributed by atoms with Crippen LogP contribution in [0, 0.1) is 0 Å². The number of para-hydroxylation sites is 1. The molecule has 0 atom stereocenters. The lowest BCUT2D eigenvalue weighted by molar-refractivity contribution is 0.314. The molecule has 0 aliphatic heterocycles. The van der Waals surface area contributed by atoms with Crippen LogP contribution in [0.4, 0.5) is 17.3 Å². The van der Waals surface area contributed by atoms with Gasteiger partial charge in [0, 0.05) is 12.2 Å². The number of anilines is 3. The Balaban J connectivity index is 1.65. The number of aromatic nitrogens is 4. The second-order valence-corrected chi connectivity index (χ2v) is 5.16. The average Bonchev–Trinajstić information content (AvgIpc) is 3.09. The van der Waals surface area contributed by atoms with Crippen molar-refractivity contribution in [1.82, 2.24) is 20.3 Å². The first-order chi connectivity index (χ1) is 11.9. The predicted octanol–water partition coefficient (Wildman–Crippen LogP) is 3.37. The minimum Gasteiger partial charge on any atom is -0.363 e. The third-order valence-corrected chi connectivity index (χ3v) is 3.45. The van der Waals surface area contributed by atoms with Crippen LogP contribution in [0.3, 0.4) is 0 Å². The largest absolute Gasteiger partial charge is 0.363 e. The van der Waals surface area contributed by atoms with Gasteiger partial charge >= 0.3 is 0 Å². The summed E-state index contributed by atoms with van der Waals surface area (Å²) < 4.78 is 4.71. The fourth-order valence-electron chi connectivity index (χ4n) is 2.29. The molecule has 0 amide bonds. The molecule has 0 aliphatic carbocycles. The first kappa shape index (κ1) is 14.1. The van der Waals surface area contributed by atoms with E-state index in [1.165, 1.54) is 0 Å². The molecule has 2 aromatic heterocycles. The van der Waals surface area contributed by atoms with Crippen LogP contribution >= 0.6 is 0 Å². The minimum absolute atomic E-state index is 0.360. The number of nitrogens with one attached hydrogen (secondary N) is 2. The van der Waals surface area contributed by atoms with Crippen LogP contribution in [0.1, 0.15) is 5.56 Å². The highest BCUT2D eigenvalue weighted by atomic mass is 16.6. The SMILES string of the molecule is c1ccc(CNc2nc3nonc3nc2Nc2ccccc2)cc1. The highest BCUT2D eigenvalue weighted by Gasteiger charge is 2.12. The highest BCUT2D eigenvalue weighted by molar-refractivity contribution is 5.76. The molecule has 2 heterocycles. The maximum absolute atomic E-state index is 4.71. The molecular formula is C17H14N6O. The van der Waals surface area contributed by atoms with Crippen molar-refractivity contribution in [3.63, 3.8) is 0 Å². The summed E-state index contributed by atoms with van der Waals surface area (Å²) in [6.07, 6.45) is 0. The van der Waals surface area contributed by atoms with E-state index >= 15 is 0 Å². The van der Waals surface area contributed by atoms with Crippen molar-refractivity contribution in [2.24, 2.45) is 0 Å². The fourth-order valence-corrected chi connectivity index (χ4v) is 2.29. The summed E-state index contributed by atoms with van der Waals surface area (Å²) in [5.41, 5.74) is 2.77. The van der Waals surface area contributed by atoms with E-state index in [1.807, 2.05) is 60.7 Å². The molecule has 0 saturated heterocycles. The second kappa shape index (κ2) is 6.33. The van der Waals surface area contributed by atoms with Crippen LogP contribution < -0.4 is 10.6 Å². The molecule has 0 bridgehead atoms. The molecule has 0 saturated carbocycles. The lowest BCUT2D eigenvalue weighted by atomic mass is 10.2. The first-order valence-electron chi connectivity index (χ1n) is 7.49. The first-order valence-corrected chi connectivity index (χ1v) is 7.49. The van der Waals surface area contributed by atoms with E-state index in [-0.39, 0.29) is 0 Å². The number of hydrogen-bond acceptors (Lipinski definition) is 7. The normalized spacial score (nSPS) is 10.7. The maximum Gasteiger partial charge on any atom is 0.245 e. The molecule has 118 valence electrons. The molecule has 0 fully saturated rings. The van der Waals surface area contributed by atoms with Crippen LogP contribution in [0.2, 0.25) is 0 Å². The van der Waals surface area contributed by atoms with Gasteiger partial charge in [0.2, 0.25) is 11.3 Å². The van der Waals surface area contributed by atoms with Crippen molar-refractivity contribution < 1.29 is 4.63 Å². The Labute approximate surface area is 137 Å². The maximum atomic E-state index is 4.71. The van der Waals surface area contributed by atoms with E-state index in [1.54, 1.807) is 0 Å². The zero-order chi connectivity index (χ0) is 16.2. The zero-order valence-corrected chi connectivity index (χ0v) is 12.7. The van der Waals surface area contributed by atoms with Gasteiger partial charge in [0.15, 0.2) is 11.6 Å². The van der Waals surface area contributed by atoms with Crippen molar-refractivity contribution in [2.45, 2.75) is 6.54 Å². The van der Waals surface area contributed by atoms with Gasteiger partial charge in [0.1, 0.15) is 0 Å². The molecule has 4 rings (SSSR count). The minimum atomic E-state index is 0.360. The molecular weight excluding hydrogens is 304 g/mol. The summed E-state index contributed by atoms with van der Waals surface area (Å²) in [5, 5.41) is 14.0. The molecule has 2 N–H and O–H groups in total. The standard InChI is InChI=1S/C17H14N6O/c1-3-7-12(8-4-1)11-18-14-15(19-13-9-5-2-6-10-13)21-17-16(20-14)22-24-23-17/h1-10H,11H2,(H,18,20,22)(H,19,21,23). The van der Waals surface area contributed by atoms with E-state index in [2.05, 4.69) is 30.9 Å². The third kappa shape index (κ3) is 3.00. The van der Waals surface area contributed by atoms with Crippen LogP contribution in [-0.2, 0) is 6.54 Å². The van der Waals surface area contributed by atoms with Gasteiger partial charge in [-0.3, -0.25) is 0 Å². The lowest BCUT2D eigenvalue weighted by Gasteiger charge is -2.11. The molecule has 0 spiro atoms. The van der Waals surface area contributed by atoms with Gasteiger partial charge in [-0.1, -0.05) is 48.5 Å². The number of rotatable bonds is 5. The molecule has 7 heteroatoms. The molecule has 7 nitrogen and oxygen atoms in total. The van der Waals surface area contributed by atoms with Crippen LogP contribution in [-0.4, -0.2) is 20.3 Å². The van der Waals surface area contributed by atoms with Crippen molar-refractivity contribution in [3.8, 4) is 0 Å². The molecule has 4 aromatic rings. The van der Waals surface area contributed by atoms with Gasteiger partial charge < -0.3 is 10.6 Å². The Morgan fingerprint density at radius 2 is 1.38 bits per heavy atom. The van der Waals surface area contributed by atoms with Gasteiger partial charge in [0.05, 0.1) is 0 Å². The van der Waals surface area contributed by atoms with Gasteiger partial charge in [-0.2, -0.15) is 0 Å². The monoisotopic (exact) mass is 318 g/mol. The van der Waals surface area contributed by atoms with Gasteiger partial charge in [-0.25, -0.2) is 14.6 Å². The highest BCUT2D eigenvalue weighted by Crippen LogP contribution is 2.24. The molecule has 0 unspecified atom stereocenters. The molecule has 24 heavy (non-hydrogen) atoms. The van der Waals surface area contributed by atoms with E-state index < -0.39 is 0 Å². The van der Waals surface area contributed by atoms with Crippen molar-refractivity contribution in [1.29, 1.82) is 0 Å². The Kier molecular flexibility index (Phi) is 3.73. The summed E-state index contributed by atoms with van der Waals surface area (Å²) in [4.78, 5) is 8.88. The molecule has 0 aliphatic rings. The van der Waals surface area contributed by atoms with E-state index in [0.717, 1.165) is 11.3 Å². The average molecular weight is 318 g/mol. The van der Waals surface area contributed by atoms with E-state index in [9.17, 15) is 0 Å². The summed E-state index contributed by atoms with van der Waals surface area (Å²) in [6, 6.07) is 19.8. The summed E-state index contributed by atoms with van der Waals surface area (Å²) in [5.74, 6) is 1.16. The van der Waals surface area contributed by atoms with E-state index in [0.29, 0.717) is 29.5 Å². The van der Waals surface area contributed by atoms with Gasteiger partial charge in [-0.05, 0) is 28.0 Å². The number of fused-ring (bicyclic) bond motifs is 1. The summed E-state index contributed by atoms with van der Waals surface area (Å²) in [7, 11) is 0. The smallest absolute Gasteiger partial charge is 0.245 e. The summed E-state index contributed by atoms with van der Waals surface area (Å²) in [6.45, 7) is 0.621. The Hall–Kier alpha value is -3.48. The Bertz CT molecular complexity index is 939. The van der Waals surface area contributed by atoms with Crippen LogP contribution in [0.25, 0.3) is 11.3 Å². The topological polar surface area (TPSA) is 88.8 Å². The van der Waals surface area contributed by atoms with Crippen LogP contribution in [0.15, 0.2) is 65.3 Å². The molecule has 2 aromatic carbocycles. The quantitative estimate of drug-likeness (QED) is 0.583. The number of benzene rings is 2. The van der Waals surface area contributed by atoms with Gasteiger partial charge in [0.25, 0.3) is 0 Å². The van der Waals surface area contributed by atoms with Crippen molar-refractivity contribution >= 4 is 28.6 Å². The number of nitrogens with zero attached hydrogens (tertiary/aromatic N) is 4. The Morgan fingerprint density at radius 1 is 0.750 bits per heavy atom. The van der Waals surface area contributed by atoms with E-state index in [4.69, 9.17) is 4.63 Å². The third-order valence-electron chi connectivity index (χ3n) is 3.45. The summed E-state index contributed by atoms with van der Waals surface area (Å²) >= 11 is 0. The van der Waals surface area contributed by atoms with Crippen molar-refractivity contribution in [2.75, 3.05) is 10.6 Å². The lowest BCUT2D eigenvalue weighted by Crippen LogP contribution is -2.06. The van der Waals surface area contributed by atoms with Gasteiger partial charge in [-0.15, -0.1) is 0 Å².